The average molecular weight is 286 g/mol. The van der Waals surface area contributed by atoms with Crippen LogP contribution in [0.3, 0.4) is 0 Å². The summed E-state index contributed by atoms with van der Waals surface area (Å²) in [6.07, 6.45) is 0.675. The minimum Gasteiger partial charge on any atom is -0.388 e. The van der Waals surface area contributed by atoms with Gasteiger partial charge in [-0.3, -0.25) is 4.79 Å². The number of aryl methyl sites for hydroxylation is 1. The molecule has 1 fully saturated rings. The van der Waals surface area contributed by atoms with Crippen LogP contribution in [0.25, 0.3) is 0 Å². The lowest BCUT2D eigenvalue weighted by atomic mass is 10.1. The number of carbonyl (C=O) groups excluding carboxylic acids is 1. The summed E-state index contributed by atoms with van der Waals surface area (Å²) in [7, 11) is 0. The van der Waals surface area contributed by atoms with E-state index in [1.807, 2.05) is 12.3 Å². The second-order valence-corrected chi connectivity index (χ2v) is 6.96. The van der Waals surface area contributed by atoms with Crippen LogP contribution in [-0.4, -0.2) is 45.3 Å². The third-order valence-corrected chi connectivity index (χ3v) is 4.72. The van der Waals surface area contributed by atoms with E-state index in [1.54, 1.807) is 34.9 Å². The molecule has 0 radical (unpaired) electrons. The quantitative estimate of drug-likeness (QED) is 0.915. The number of amides is 1. The third-order valence-electron chi connectivity index (χ3n) is 2.95. The molecular formula is C12H18N2O2S2. The maximum atomic E-state index is 11.9. The molecule has 1 aliphatic rings. The predicted molar refractivity (Wildman–Crippen MR) is 74.8 cm³/mol. The normalized spacial score (nSPS) is 23.6. The Kier molecular flexibility index (Phi) is 4.29. The van der Waals surface area contributed by atoms with Crippen LogP contribution in [0.4, 0.5) is 0 Å². The van der Waals surface area contributed by atoms with Crippen molar-refractivity contribution in [2.75, 3.05) is 18.8 Å². The second kappa shape index (κ2) is 5.59. The maximum absolute atomic E-state index is 11.9. The number of aromatic nitrogens is 1. The van der Waals surface area contributed by atoms with Crippen molar-refractivity contribution < 1.29 is 9.90 Å². The number of rotatable bonds is 4. The minimum atomic E-state index is -0.702. The van der Waals surface area contributed by atoms with Gasteiger partial charge in [-0.05, 0) is 20.3 Å². The first kappa shape index (κ1) is 13.8. The Morgan fingerprint density at radius 1 is 1.72 bits per heavy atom. The van der Waals surface area contributed by atoms with Gasteiger partial charge in [0.25, 0.3) is 0 Å². The second-order valence-electron chi connectivity index (χ2n) is 4.91. The number of nitrogens with zero attached hydrogens (tertiary/aromatic N) is 2. The molecule has 1 atom stereocenters. The molecule has 0 aliphatic carbocycles. The lowest BCUT2D eigenvalue weighted by molar-refractivity contribution is -0.128. The molecule has 2 rings (SSSR count). The fraction of sp³-hybridized carbons (Fsp3) is 0.667. The van der Waals surface area contributed by atoms with Gasteiger partial charge < -0.3 is 10.0 Å². The molecule has 1 N–H and O–H groups in total. The van der Waals surface area contributed by atoms with Gasteiger partial charge in [0.05, 0.1) is 22.1 Å². The van der Waals surface area contributed by atoms with E-state index in [0.29, 0.717) is 25.3 Å². The molecule has 0 saturated carbocycles. The van der Waals surface area contributed by atoms with Crippen LogP contribution in [-0.2, 0) is 10.5 Å². The maximum Gasteiger partial charge on any atom is 0.232 e. The van der Waals surface area contributed by atoms with Crippen LogP contribution >= 0.6 is 23.1 Å². The van der Waals surface area contributed by atoms with Gasteiger partial charge in [0.1, 0.15) is 0 Å². The van der Waals surface area contributed by atoms with Gasteiger partial charge in [-0.15, -0.1) is 23.1 Å². The summed E-state index contributed by atoms with van der Waals surface area (Å²) in [5, 5.41) is 12.9. The van der Waals surface area contributed by atoms with Crippen molar-refractivity contribution in [3.05, 3.63) is 16.1 Å². The van der Waals surface area contributed by atoms with E-state index < -0.39 is 5.60 Å². The zero-order valence-corrected chi connectivity index (χ0v) is 12.3. The Morgan fingerprint density at radius 2 is 2.50 bits per heavy atom. The lowest BCUT2D eigenvalue weighted by Gasteiger charge is -2.18. The topological polar surface area (TPSA) is 53.4 Å². The molecule has 2 heterocycles. The van der Waals surface area contributed by atoms with Crippen molar-refractivity contribution in [1.82, 2.24) is 9.88 Å². The van der Waals surface area contributed by atoms with Crippen LogP contribution in [0.1, 0.15) is 24.0 Å². The highest BCUT2D eigenvalue weighted by atomic mass is 32.2. The van der Waals surface area contributed by atoms with Crippen LogP contribution in [0.5, 0.6) is 0 Å². The van der Waals surface area contributed by atoms with Gasteiger partial charge in [0.2, 0.25) is 5.91 Å². The number of aliphatic hydroxyl groups is 1. The Hall–Kier alpha value is -0.590. The van der Waals surface area contributed by atoms with Crippen molar-refractivity contribution in [2.24, 2.45) is 0 Å². The van der Waals surface area contributed by atoms with Crippen LogP contribution in [0.2, 0.25) is 0 Å². The molecule has 100 valence electrons. The highest BCUT2D eigenvalue weighted by molar-refractivity contribution is 7.99. The van der Waals surface area contributed by atoms with E-state index in [4.69, 9.17) is 0 Å². The summed E-state index contributed by atoms with van der Waals surface area (Å²) >= 11 is 3.22. The standard InChI is InChI=1S/C12H18N2O2S2/c1-9-13-10(6-18-9)5-17-7-11(15)14-4-3-12(2,16)8-14/h6,16H,3-5,7-8H2,1-2H3. The number of carbonyl (C=O) groups is 1. The summed E-state index contributed by atoms with van der Waals surface area (Å²) in [4.78, 5) is 18.0. The number of hydrogen-bond donors (Lipinski definition) is 1. The third kappa shape index (κ3) is 3.70. The Labute approximate surface area is 115 Å². The van der Waals surface area contributed by atoms with Crippen LogP contribution in [0.15, 0.2) is 5.38 Å². The first-order chi connectivity index (χ1) is 8.46. The summed E-state index contributed by atoms with van der Waals surface area (Å²) < 4.78 is 0. The van der Waals surface area contributed by atoms with Gasteiger partial charge in [-0.1, -0.05) is 0 Å². The molecule has 1 aromatic heterocycles. The van der Waals surface area contributed by atoms with Crippen molar-refractivity contribution in [3.8, 4) is 0 Å². The van der Waals surface area contributed by atoms with Crippen LogP contribution in [0, 0.1) is 6.92 Å². The van der Waals surface area contributed by atoms with Gasteiger partial charge in [0, 0.05) is 24.2 Å². The van der Waals surface area contributed by atoms with Crippen molar-refractivity contribution in [1.29, 1.82) is 0 Å². The summed E-state index contributed by atoms with van der Waals surface area (Å²) in [6.45, 7) is 4.90. The van der Waals surface area contributed by atoms with E-state index in [0.717, 1.165) is 16.5 Å². The van der Waals surface area contributed by atoms with E-state index >= 15 is 0 Å². The number of thioether (sulfide) groups is 1. The van der Waals surface area contributed by atoms with Gasteiger partial charge in [-0.2, -0.15) is 0 Å². The van der Waals surface area contributed by atoms with Crippen molar-refractivity contribution in [2.45, 2.75) is 31.6 Å². The molecule has 6 heteroatoms. The van der Waals surface area contributed by atoms with E-state index in [2.05, 4.69) is 4.98 Å². The summed E-state index contributed by atoms with van der Waals surface area (Å²) in [5.41, 5.74) is 0.343. The molecule has 1 amide bonds. The molecule has 18 heavy (non-hydrogen) atoms. The fourth-order valence-corrected chi connectivity index (χ4v) is 3.50. The van der Waals surface area contributed by atoms with Gasteiger partial charge >= 0.3 is 0 Å². The largest absolute Gasteiger partial charge is 0.388 e. The highest BCUT2D eigenvalue weighted by Gasteiger charge is 2.33. The van der Waals surface area contributed by atoms with Crippen molar-refractivity contribution >= 4 is 29.0 Å². The number of thiazole rings is 1. The molecule has 0 aromatic carbocycles. The monoisotopic (exact) mass is 286 g/mol. The molecule has 1 aliphatic heterocycles. The average Bonchev–Trinajstić information content (AvgIpc) is 2.85. The first-order valence-corrected chi connectivity index (χ1v) is 7.99. The molecule has 1 unspecified atom stereocenters. The van der Waals surface area contributed by atoms with Crippen molar-refractivity contribution in [3.63, 3.8) is 0 Å². The Bertz CT molecular complexity index is 431. The summed E-state index contributed by atoms with van der Waals surface area (Å²) in [6, 6.07) is 0. The molecule has 4 nitrogen and oxygen atoms in total. The molecule has 0 bridgehead atoms. The number of likely N-dealkylation sites (tertiary alicyclic amines) is 1. The van der Waals surface area contributed by atoms with E-state index in [9.17, 15) is 9.90 Å². The molecule has 1 aromatic rings. The predicted octanol–water partition coefficient (Wildman–Crippen LogP) is 1.67. The Balaban J connectivity index is 1.72. The van der Waals surface area contributed by atoms with Gasteiger partial charge in [-0.25, -0.2) is 4.98 Å². The molecule has 1 saturated heterocycles. The summed E-state index contributed by atoms with van der Waals surface area (Å²) in [5.74, 6) is 1.36. The zero-order chi connectivity index (χ0) is 13.2. The molecular weight excluding hydrogens is 268 g/mol. The van der Waals surface area contributed by atoms with Gasteiger partial charge in [0.15, 0.2) is 0 Å². The van der Waals surface area contributed by atoms with Crippen LogP contribution < -0.4 is 0 Å². The first-order valence-electron chi connectivity index (χ1n) is 5.95. The number of β-amino-alcohol motifs (C(OH)–C–C–N with tert-alkyl or cyclic N) is 1. The zero-order valence-electron chi connectivity index (χ0n) is 10.7. The van der Waals surface area contributed by atoms with E-state index in [1.165, 1.54) is 0 Å². The molecule has 0 spiro atoms. The Morgan fingerprint density at radius 3 is 3.06 bits per heavy atom. The minimum absolute atomic E-state index is 0.115. The lowest BCUT2D eigenvalue weighted by Crippen LogP contribution is -2.34. The SMILES string of the molecule is Cc1nc(CSCC(=O)N2CCC(C)(O)C2)cs1. The number of hydrogen-bond acceptors (Lipinski definition) is 5. The highest BCUT2D eigenvalue weighted by Crippen LogP contribution is 2.22. The fourth-order valence-electron chi connectivity index (χ4n) is 1.97. The van der Waals surface area contributed by atoms with E-state index in [-0.39, 0.29) is 5.91 Å². The smallest absolute Gasteiger partial charge is 0.232 e.